The number of likely N-dealkylation sites (tertiary alicyclic amines) is 2. The molecule has 1 aromatic rings. The molecule has 40 heavy (non-hydrogen) atoms. The van der Waals surface area contributed by atoms with Gasteiger partial charge in [-0.1, -0.05) is 0 Å². The van der Waals surface area contributed by atoms with E-state index < -0.39 is 11.6 Å². The summed E-state index contributed by atoms with van der Waals surface area (Å²) in [4.78, 5) is 54.8. The predicted octanol–water partition coefficient (Wildman–Crippen LogP) is 2.96. The number of rotatable bonds is 8. The normalized spacial score (nSPS) is 19.9. The van der Waals surface area contributed by atoms with Crippen molar-refractivity contribution in [3.05, 3.63) is 23.8 Å². The van der Waals surface area contributed by atoms with E-state index in [9.17, 15) is 19.2 Å². The standard InChI is InChI=1S/C29H42N4O7/c1-29(2,3)40-26(35)12-15-31-13-7-21(8-14-31)39-22-9-16-32(17-10-22)27(36)20-5-6-24(38-4)23(19-20)33-18-11-25(34)30-28(33)37/h5-6,19,21-22H,7-18H2,1-4H3,(H,30,34,37). The molecule has 3 aliphatic heterocycles. The summed E-state index contributed by atoms with van der Waals surface area (Å²) in [5, 5.41) is 2.31. The van der Waals surface area contributed by atoms with Gasteiger partial charge in [-0.2, -0.15) is 0 Å². The minimum atomic E-state index is -0.522. The van der Waals surface area contributed by atoms with Gasteiger partial charge in [-0.25, -0.2) is 4.79 Å². The number of anilines is 1. The van der Waals surface area contributed by atoms with Gasteiger partial charge in [-0.15, -0.1) is 0 Å². The minimum absolute atomic E-state index is 0.103. The first-order valence-electron chi connectivity index (χ1n) is 14.2. The first kappa shape index (κ1) is 29.8. The zero-order valence-corrected chi connectivity index (χ0v) is 24.1. The van der Waals surface area contributed by atoms with Crippen molar-refractivity contribution in [2.75, 3.05) is 51.3 Å². The Morgan fingerprint density at radius 2 is 1.62 bits per heavy atom. The highest BCUT2D eigenvalue weighted by Gasteiger charge is 2.30. The lowest BCUT2D eigenvalue weighted by atomic mass is 10.0. The van der Waals surface area contributed by atoms with Crippen LogP contribution in [0.5, 0.6) is 5.75 Å². The fourth-order valence-electron chi connectivity index (χ4n) is 5.39. The molecule has 3 aliphatic rings. The summed E-state index contributed by atoms with van der Waals surface area (Å²) in [5.74, 6) is -0.119. The number of amides is 4. The molecule has 220 valence electrons. The number of carbonyl (C=O) groups is 4. The molecule has 0 aliphatic carbocycles. The number of carbonyl (C=O) groups excluding carboxylic acids is 4. The van der Waals surface area contributed by atoms with E-state index >= 15 is 0 Å². The third-order valence-electron chi connectivity index (χ3n) is 7.47. The van der Waals surface area contributed by atoms with Crippen LogP contribution in [0.3, 0.4) is 0 Å². The van der Waals surface area contributed by atoms with Gasteiger partial charge >= 0.3 is 12.0 Å². The average molecular weight is 559 g/mol. The summed E-state index contributed by atoms with van der Waals surface area (Å²) >= 11 is 0. The van der Waals surface area contributed by atoms with Crippen LogP contribution in [0.25, 0.3) is 0 Å². The molecule has 0 bridgehead atoms. The van der Waals surface area contributed by atoms with Crippen LogP contribution in [0, 0.1) is 0 Å². The number of benzene rings is 1. The second-order valence-corrected chi connectivity index (χ2v) is 11.6. The van der Waals surface area contributed by atoms with E-state index in [0.717, 1.165) is 38.8 Å². The van der Waals surface area contributed by atoms with Crippen molar-refractivity contribution in [2.45, 2.75) is 77.1 Å². The molecule has 3 fully saturated rings. The largest absolute Gasteiger partial charge is 0.495 e. The fraction of sp³-hybridized carbons (Fsp3) is 0.655. The second-order valence-electron chi connectivity index (χ2n) is 11.6. The van der Waals surface area contributed by atoms with Crippen LogP contribution < -0.4 is 15.0 Å². The third kappa shape index (κ3) is 7.94. The van der Waals surface area contributed by atoms with Crippen LogP contribution in [0.4, 0.5) is 10.5 Å². The van der Waals surface area contributed by atoms with Crippen LogP contribution in [0.15, 0.2) is 18.2 Å². The van der Waals surface area contributed by atoms with Crippen LogP contribution in [-0.4, -0.2) is 97.8 Å². The van der Waals surface area contributed by atoms with Gasteiger partial charge in [0.15, 0.2) is 0 Å². The maximum atomic E-state index is 13.3. The van der Waals surface area contributed by atoms with Gasteiger partial charge in [-0.3, -0.25) is 24.6 Å². The zero-order chi connectivity index (χ0) is 28.9. The zero-order valence-electron chi connectivity index (χ0n) is 24.1. The molecule has 11 nitrogen and oxygen atoms in total. The lowest BCUT2D eigenvalue weighted by Gasteiger charge is -2.37. The number of nitrogens with one attached hydrogen (secondary N) is 1. The van der Waals surface area contributed by atoms with Crippen molar-refractivity contribution >= 4 is 29.5 Å². The van der Waals surface area contributed by atoms with E-state index in [-0.39, 0.29) is 43.0 Å². The summed E-state index contributed by atoms with van der Waals surface area (Å²) in [5.41, 5.74) is 0.483. The van der Waals surface area contributed by atoms with Crippen LogP contribution >= 0.6 is 0 Å². The number of imide groups is 1. The summed E-state index contributed by atoms with van der Waals surface area (Å²) in [6.07, 6.45) is 4.28. The average Bonchev–Trinajstić information content (AvgIpc) is 2.91. The SMILES string of the molecule is COc1ccc(C(=O)N2CCC(OC3CCN(CCC(=O)OC(C)(C)C)CC3)CC2)cc1N1CCC(=O)NC1=O. The van der Waals surface area contributed by atoms with E-state index in [4.69, 9.17) is 14.2 Å². The Morgan fingerprint density at radius 1 is 0.975 bits per heavy atom. The number of hydrogen-bond acceptors (Lipinski definition) is 8. The molecule has 0 radical (unpaired) electrons. The Balaban J connectivity index is 1.23. The maximum Gasteiger partial charge on any atom is 0.328 e. The molecule has 4 amide bonds. The maximum absolute atomic E-state index is 13.3. The Labute approximate surface area is 236 Å². The van der Waals surface area contributed by atoms with Gasteiger partial charge in [0.1, 0.15) is 11.4 Å². The van der Waals surface area contributed by atoms with Gasteiger partial charge in [0.05, 0.1) is 31.4 Å². The number of methoxy groups -OCH3 is 1. The van der Waals surface area contributed by atoms with Crippen molar-refractivity contribution in [2.24, 2.45) is 0 Å². The van der Waals surface area contributed by atoms with Crippen LogP contribution in [0.1, 0.15) is 69.7 Å². The topological polar surface area (TPSA) is 118 Å². The second kappa shape index (κ2) is 13.0. The Bertz CT molecular complexity index is 1090. The monoisotopic (exact) mass is 558 g/mol. The first-order valence-corrected chi connectivity index (χ1v) is 14.2. The number of piperidine rings is 2. The molecule has 4 rings (SSSR count). The molecule has 0 spiro atoms. The highest BCUT2D eigenvalue weighted by atomic mass is 16.6. The first-order chi connectivity index (χ1) is 19.0. The summed E-state index contributed by atoms with van der Waals surface area (Å²) < 4.78 is 17.2. The Morgan fingerprint density at radius 3 is 2.23 bits per heavy atom. The minimum Gasteiger partial charge on any atom is -0.495 e. The molecule has 0 saturated carbocycles. The number of urea groups is 1. The Kier molecular flexibility index (Phi) is 9.68. The van der Waals surface area contributed by atoms with Crippen LogP contribution in [-0.2, 0) is 19.1 Å². The molecular weight excluding hydrogens is 516 g/mol. The number of hydrogen-bond donors (Lipinski definition) is 1. The van der Waals surface area contributed by atoms with Crippen molar-refractivity contribution in [1.82, 2.24) is 15.1 Å². The van der Waals surface area contributed by atoms with E-state index in [1.807, 2.05) is 25.7 Å². The van der Waals surface area contributed by atoms with Crippen molar-refractivity contribution in [1.29, 1.82) is 0 Å². The van der Waals surface area contributed by atoms with Gasteiger partial charge < -0.3 is 24.0 Å². The van der Waals surface area contributed by atoms with Gasteiger partial charge in [0.2, 0.25) is 5.91 Å². The molecule has 3 heterocycles. The summed E-state index contributed by atoms with van der Waals surface area (Å²) in [7, 11) is 1.51. The lowest BCUT2D eigenvalue weighted by molar-refractivity contribution is -0.155. The molecule has 3 saturated heterocycles. The van der Waals surface area contributed by atoms with Crippen molar-refractivity contribution in [3.63, 3.8) is 0 Å². The number of ether oxygens (including phenoxy) is 3. The van der Waals surface area contributed by atoms with E-state index in [0.29, 0.717) is 43.1 Å². The van der Waals surface area contributed by atoms with Gasteiger partial charge in [0, 0.05) is 51.3 Å². The predicted molar refractivity (Wildman–Crippen MR) is 148 cm³/mol. The molecular formula is C29H42N4O7. The highest BCUT2D eigenvalue weighted by Crippen LogP contribution is 2.31. The lowest BCUT2D eigenvalue weighted by Crippen LogP contribution is -2.49. The molecule has 1 N–H and O–H groups in total. The molecule has 11 heteroatoms. The quantitative estimate of drug-likeness (QED) is 0.484. The van der Waals surface area contributed by atoms with E-state index in [1.54, 1.807) is 18.2 Å². The van der Waals surface area contributed by atoms with E-state index in [2.05, 4.69) is 10.2 Å². The molecule has 0 unspecified atom stereocenters. The molecule has 0 aromatic heterocycles. The molecule has 0 atom stereocenters. The van der Waals surface area contributed by atoms with E-state index in [1.165, 1.54) is 12.0 Å². The summed E-state index contributed by atoms with van der Waals surface area (Å²) in [6.45, 7) is 9.56. The van der Waals surface area contributed by atoms with Gasteiger partial charge in [-0.05, 0) is 64.7 Å². The smallest absolute Gasteiger partial charge is 0.328 e. The Hall–Kier alpha value is -3.18. The fourth-order valence-corrected chi connectivity index (χ4v) is 5.39. The van der Waals surface area contributed by atoms with Crippen LogP contribution in [0.2, 0.25) is 0 Å². The number of nitrogens with zero attached hydrogens (tertiary/aromatic N) is 3. The van der Waals surface area contributed by atoms with Crippen molar-refractivity contribution < 1.29 is 33.4 Å². The van der Waals surface area contributed by atoms with Gasteiger partial charge in [0.25, 0.3) is 5.91 Å². The number of esters is 1. The molecule has 1 aromatic carbocycles. The third-order valence-corrected chi connectivity index (χ3v) is 7.47. The van der Waals surface area contributed by atoms with Crippen molar-refractivity contribution in [3.8, 4) is 5.75 Å². The highest BCUT2D eigenvalue weighted by molar-refractivity contribution is 6.07. The summed E-state index contributed by atoms with van der Waals surface area (Å²) in [6, 6.07) is 4.53.